The number of rotatable bonds is 0. The molecule has 0 aliphatic carbocycles. The van der Waals surface area contributed by atoms with E-state index in [1.165, 1.54) is 5.56 Å². The van der Waals surface area contributed by atoms with Crippen molar-refractivity contribution in [1.82, 2.24) is 0 Å². The Morgan fingerprint density at radius 1 is 1.11 bits per heavy atom. The molecular weight excluding hydrogens is 118 g/mol. The van der Waals surface area contributed by atoms with E-state index in [0.717, 1.165) is 0 Å². The van der Waals surface area contributed by atoms with Crippen LogP contribution in [0.3, 0.4) is 0 Å². The van der Waals surface area contributed by atoms with Crippen LogP contribution in [0.4, 0.5) is 0 Å². The average Bonchev–Trinajstić information content (AvgIpc) is 1.69. The number of aryl methyl sites for hydroxylation is 1. The molecule has 0 amide bonds. The minimum Gasteiger partial charge on any atom is -1.00 e. The van der Waals surface area contributed by atoms with Crippen LogP contribution in [0.5, 0.6) is 0 Å². The summed E-state index contributed by atoms with van der Waals surface area (Å²) in [5, 5.41) is 0. The van der Waals surface area contributed by atoms with E-state index in [-0.39, 0.29) is 37.6 Å². The average molecular weight is 130 g/mol. The van der Waals surface area contributed by atoms with Crippen molar-refractivity contribution in [1.29, 1.82) is 0 Å². The van der Waals surface area contributed by atoms with Crippen LogP contribution in [0.1, 0.15) is 6.99 Å². The maximum absolute atomic E-state index is 2.08. The normalized spacial score (nSPS) is 6.78. The van der Waals surface area contributed by atoms with Crippen LogP contribution >= 0.6 is 0 Å². The van der Waals surface area contributed by atoms with Gasteiger partial charge in [0.25, 0.3) is 0 Å². The van der Waals surface area contributed by atoms with Gasteiger partial charge in [0.2, 0.25) is 0 Å². The fourth-order valence-electron chi connectivity index (χ4n) is 0.534. The molecule has 0 aromatic heterocycles. The standard InChI is InChI=1S/C7H8.Al.Li.4H/c1-7-5-3-2-4-6-7;;;;;;/h2-6H,1H3;;;;;;/q;;+1;;;;-1. The first-order chi connectivity index (χ1) is 3.39. The number of hydrogen-bond acceptors (Lipinski definition) is 0. The molecule has 0 saturated heterocycles. The maximum atomic E-state index is 2.08. The molecule has 0 N–H and O–H groups in total. The van der Waals surface area contributed by atoms with Gasteiger partial charge in [0, 0.05) is 0 Å². The Morgan fingerprint density at radius 2 is 1.56 bits per heavy atom. The summed E-state index contributed by atoms with van der Waals surface area (Å²) in [7, 11) is 0. The molecule has 0 aliphatic heterocycles. The Morgan fingerprint density at radius 3 is 1.78 bits per heavy atom. The van der Waals surface area contributed by atoms with Crippen LogP contribution in [0.2, 0.25) is 0 Å². The molecular formula is C7H12AlLi. The SMILES string of the molecule is Cc1ccccc1.[AlH3].[H-].[Li+]. The van der Waals surface area contributed by atoms with Crippen molar-refractivity contribution < 1.29 is 20.3 Å². The molecule has 0 nitrogen and oxygen atoms in total. The second-order valence-electron chi connectivity index (χ2n) is 1.65. The van der Waals surface area contributed by atoms with Crippen LogP contribution in [0.25, 0.3) is 0 Å². The molecule has 0 spiro atoms. The molecule has 2 heteroatoms. The molecule has 0 aliphatic rings. The zero-order valence-electron chi connectivity index (χ0n) is 6.39. The Hall–Kier alpha value is 0.350. The molecule has 0 unspecified atom stereocenters. The molecule has 9 heavy (non-hydrogen) atoms. The van der Waals surface area contributed by atoms with Crippen LogP contribution < -0.4 is 18.9 Å². The fraction of sp³-hybridized carbons (Fsp3) is 0.143. The molecule has 0 saturated carbocycles. The van der Waals surface area contributed by atoms with Crippen LogP contribution in [-0.2, 0) is 0 Å². The molecule has 0 bridgehead atoms. The van der Waals surface area contributed by atoms with E-state index in [9.17, 15) is 0 Å². The Balaban J connectivity index is -0.000000163. The minimum atomic E-state index is 0. The van der Waals surface area contributed by atoms with Gasteiger partial charge in [-0.05, 0) is 6.92 Å². The summed E-state index contributed by atoms with van der Waals surface area (Å²) in [6.45, 7) is 2.08. The van der Waals surface area contributed by atoms with Gasteiger partial charge >= 0.3 is 18.9 Å². The van der Waals surface area contributed by atoms with Crippen molar-refractivity contribution in [2.24, 2.45) is 0 Å². The summed E-state index contributed by atoms with van der Waals surface area (Å²) in [4.78, 5) is 0. The summed E-state index contributed by atoms with van der Waals surface area (Å²) in [6.07, 6.45) is 0. The van der Waals surface area contributed by atoms with Gasteiger partial charge in [0.1, 0.15) is 0 Å². The molecule has 1 aromatic rings. The second-order valence-corrected chi connectivity index (χ2v) is 1.65. The fourth-order valence-corrected chi connectivity index (χ4v) is 0.534. The minimum absolute atomic E-state index is 0. The predicted octanol–water partition coefficient (Wildman–Crippen LogP) is -2.07. The van der Waals surface area contributed by atoms with E-state index in [2.05, 4.69) is 19.1 Å². The maximum Gasteiger partial charge on any atom is 1.00 e. The van der Waals surface area contributed by atoms with Gasteiger partial charge in [0.05, 0.1) is 0 Å². The van der Waals surface area contributed by atoms with Gasteiger partial charge in [-0.1, -0.05) is 35.9 Å². The first-order valence-electron chi connectivity index (χ1n) is 2.41. The molecule has 0 radical (unpaired) electrons. The summed E-state index contributed by atoms with van der Waals surface area (Å²) in [6, 6.07) is 10.3. The van der Waals surface area contributed by atoms with Crippen molar-refractivity contribution in [3.05, 3.63) is 35.9 Å². The second kappa shape index (κ2) is 6.47. The Kier molecular flexibility index (Phi) is 8.67. The summed E-state index contributed by atoms with van der Waals surface area (Å²) >= 11 is 0. The van der Waals surface area contributed by atoms with Crippen molar-refractivity contribution in [3.8, 4) is 0 Å². The van der Waals surface area contributed by atoms with Crippen molar-refractivity contribution in [2.45, 2.75) is 6.92 Å². The van der Waals surface area contributed by atoms with Gasteiger partial charge < -0.3 is 1.43 Å². The van der Waals surface area contributed by atoms with E-state index in [4.69, 9.17) is 0 Å². The summed E-state index contributed by atoms with van der Waals surface area (Å²) in [5.74, 6) is 0. The van der Waals surface area contributed by atoms with Gasteiger partial charge in [-0.25, -0.2) is 0 Å². The molecule has 0 fully saturated rings. The smallest absolute Gasteiger partial charge is 1.00 e. The molecule has 0 atom stereocenters. The number of hydrogen-bond donors (Lipinski definition) is 0. The van der Waals surface area contributed by atoms with Crippen molar-refractivity contribution in [3.63, 3.8) is 0 Å². The third-order valence-electron chi connectivity index (χ3n) is 0.940. The third kappa shape index (κ3) is 4.83. The quantitative estimate of drug-likeness (QED) is 0.354. The Bertz CT molecular complexity index is 144. The van der Waals surface area contributed by atoms with Gasteiger partial charge in [0.15, 0.2) is 17.4 Å². The Labute approximate surface area is 80.5 Å². The van der Waals surface area contributed by atoms with Gasteiger partial charge in [-0.2, -0.15) is 0 Å². The predicted molar refractivity (Wildman–Crippen MR) is 42.2 cm³/mol. The van der Waals surface area contributed by atoms with Crippen LogP contribution in [0.15, 0.2) is 30.3 Å². The number of benzene rings is 1. The van der Waals surface area contributed by atoms with E-state index in [1.54, 1.807) is 0 Å². The summed E-state index contributed by atoms with van der Waals surface area (Å²) < 4.78 is 0. The topological polar surface area (TPSA) is 0 Å². The third-order valence-corrected chi connectivity index (χ3v) is 0.940. The molecule has 44 valence electrons. The van der Waals surface area contributed by atoms with Crippen molar-refractivity contribution >= 4 is 17.4 Å². The molecule has 0 heterocycles. The van der Waals surface area contributed by atoms with Gasteiger partial charge in [-0.3, -0.25) is 0 Å². The van der Waals surface area contributed by atoms with Gasteiger partial charge in [-0.15, -0.1) is 0 Å². The van der Waals surface area contributed by atoms with Crippen LogP contribution in [-0.4, -0.2) is 17.4 Å². The van der Waals surface area contributed by atoms with E-state index in [1.807, 2.05) is 18.2 Å². The van der Waals surface area contributed by atoms with Crippen molar-refractivity contribution in [2.75, 3.05) is 0 Å². The molecule has 1 aromatic carbocycles. The summed E-state index contributed by atoms with van der Waals surface area (Å²) in [5.41, 5.74) is 1.32. The first kappa shape index (κ1) is 12.1. The first-order valence-corrected chi connectivity index (χ1v) is 2.41. The van der Waals surface area contributed by atoms with Crippen LogP contribution in [0, 0.1) is 6.92 Å². The monoisotopic (exact) mass is 130 g/mol. The van der Waals surface area contributed by atoms with E-state index >= 15 is 0 Å². The zero-order chi connectivity index (χ0) is 5.11. The largest absolute Gasteiger partial charge is 1.00 e. The van der Waals surface area contributed by atoms with E-state index < -0.39 is 0 Å². The van der Waals surface area contributed by atoms with E-state index in [0.29, 0.717) is 0 Å². The zero-order valence-corrected chi connectivity index (χ0v) is 5.39. The molecule has 1 rings (SSSR count).